The first kappa shape index (κ1) is 17.3. The molecule has 0 aliphatic carbocycles. The highest BCUT2D eigenvalue weighted by atomic mass is 35.5. The molecule has 0 bridgehead atoms. The Labute approximate surface area is 145 Å². The van der Waals surface area contributed by atoms with Crippen LogP contribution in [0.1, 0.15) is 18.1 Å². The predicted octanol–water partition coefficient (Wildman–Crippen LogP) is 4.22. The molecule has 2 aromatic carbocycles. The van der Waals surface area contributed by atoms with Crippen LogP contribution in [0.3, 0.4) is 0 Å². The molecule has 2 rings (SSSR count). The van der Waals surface area contributed by atoms with Gasteiger partial charge in [0.15, 0.2) is 6.61 Å². The van der Waals surface area contributed by atoms with Gasteiger partial charge in [-0.3, -0.25) is 4.79 Å². The number of carbonyl (C=O) groups excluding carboxylic acids is 1. The van der Waals surface area contributed by atoms with Crippen molar-refractivity contribution in [2.45, 2.75) is 13.8 Å². The number of rotatable bonds is 5. The van der Waals surface area contributed by atoms with Crippen LogP contribution in [0, 0.1) is 6.92 Å². The van der Waals surface area contributed by atoms with Gasteiger partial charge in [0.2, 0.25) is 0 Å². The molecule has 120 valence electrons. The highest BCUT2D eigenvalue weighted by molar-refractivity contribution is 6.34. The van der Waals surface area contributed by atoms with E-state index in [0.717, 1.165) is 11.1 Å². The Hall–Kier alpha value is -2.04. The van der Waals surface area contributed by atoms with Crippen molar-refractivity contribution in [3.8, 4) is 5.75 Å². The lowest BCUT2D eigenvalue weighted by Gasteiger charge is -2.09. The van der Waals surface area contributed by atoms with Gasteiger partial charge in [-0.15, -0.1) is 0 Å². The average Bonchev–Trinajstić information content (AvgIpc) is 2.52. The maximum Gasteiger partial charge on any atom is 0.277 e. The number of aryl methyl sites for hydroxylation is 1. The van der Waals surface area contributed by atoms with E-state index in [1.54, 1.807) is 31.2 Å². The second-order valence-electron chi connectivity index (χ2n) is 4.91. The topological polar surface area (TPSA) is 50.7 Å². The lowest BCUT2D eigenvalue weighted by atomic mass is 10.1. The second-order valence-corrected chi connectivity index (χ2v) is 5.75. The van der Waals surface area contributed by atoms with Gasteiger partial charge in [-0.2, -0.15) is 5.10 Å². The molecule has 0 atom stereocenters. The van der Waals surface area contributed by atoms with Crippen molar-refractivity contribution in [3.05, 3.63) is 63.6 Å². The van der Waals surface area contributed by atoms with Gasteiger partial charge in [0.1, 0.15) is 5.75 Å². The first-order valence-electron chi connectivity index (χ1n) is 6.94. The Morgan fingerprint density at radius 2 is 1.96 bits per heavy atom. The third-order valence-electron chi connectivity index (χ3n) is 3.11. The normalized spacial score (nSPS) is 11.2. The molecular weight excluding hydrogens is 335 g/mol. The molecule has 0 unspecified atom stereocenters. The van der Waals surface area contributed by atoms with Gasteiger partial charge in [0, 0.05) is 15.6 Å². The van der Waals surface area contributed by atoms with E-state index >= 15 is 0 Å². The number of amides is 1. The van der Waals surface area contributed by atoms with Gasteiger partial charge < -0.3 is 4.74 Å². The molecule has 0 saturated carbocycles. The Kier molecular flexibility index (Phi) is 6.02. The zero-order chi connectivity index (χ0) is 16.8. The molecule has 0 radical (unpaired) electrons. The number of carbonyl (C=O) groups is 1. The summed E-state index contributed by atoms with van der Waals surface area (Å²) < 4.78 is 5.45. The summed E-state index contributed by atoms with van der Waals surface area (Å²) in [5, 5.41) is 5.24. The quantitative estimate of drug-likeness (QED) is 0.648. The molecule has 0 aliphatic heterocycles. The van der Waals surface area contributed by atoms with Crippen LogP contribution in [0.5, 0.6) is 5.75 Å². The van der Waals surface area contributed by atoms with E-state index in [0.29, 0.717) is 21.5 Å². The molecular formula is C17H16Cl2N2O2. The fourth-order valence-corrected chi connectivity index (χ4v) is 2.41. The number of hydrogen-bond acceptors (Lipinski definition) is 3. The van der Waals surface area contributed by atoms with Gasteiger partial charge in [0.25, 0.3) is 5.91 Å². The third-order valence-corrected chi connectivity index (χ3v) is 3.67. The standard InChI is InChI=1S/C17H16Cl2N2O2/c1-11-9-13(18)7-8-16(11)23-10-17(22)21-20-12(2)14-5-3-4-6-15(14)19/h3-9H,10H2,1-2H3,(H,21,22)/b20-12+. The van der Waals surface area contributed by atoms with E-state index in [1.165, 1.54) is 0 Å². The van der Waals surface area contributed by atoms with Gasteiger partial charge in [-0.1, -0.05) is 41.4 Å². The molecule has 0 fully saturated rings. The molecule has 1 N–H and O–H groups in total. The molecule has 4 nitrogen and oxygen atoms in total. The number of ether oxygens (including phenoxy) is 1. The van der Waals surface area contributed by atoms with E-state index in [-0.39, 0.29) is 12.5 Å². The molecule has 6 heteroatoms. The Morgan fingerprint density at radius 3 is 2.65 bits per heavy atom. The van der Waals surface area contributed by atoms with E-state index in [4.69, 9.17) is 27.9 Å². The van der Waals surface area contributed by atoms with Gasteiger partial charge in [-0.25, -0.2) is 5.43 Å². The average molecular weight is 351 g/mol. The van der Waals surface area contributed by atoms with Crippen LogP contribution in [0.2, 0.25) is 10.0 Å². The van der Waals surface area contributed by atoms with Crippen LogP contribution in [0.4, 0.5) is 0 Å². The Morgan fingerprint density at radius 1 is 1.22 bits per heavy atom. The summed E-state index contributed by atoms with van der Waals surface area (Å²) >= 11 is 11.9. The number of nitrogens with one attached hydrogen (secondary N) is 1. The van der Waals surface area contributed by atoms with Gasteiger partial charge >= 0.3 is 0 Å². The molecule has 0 saturated heterocycles. The first-order valence-corrected chi connectivity index (χ1v) is 7.70. The molecule has 0 aromatic heterocycles. The summed E-state index contributed by atoms with van der Waals surface area (Å²) in [4.78, 5) is 11.8. The smallest absolute Gasteiger partial charge is 0.277 e. The van der Waals surface area contributed by atoms with Gasteiger partial charge in [0.05, 0.1) is 5.71 Å². The summed E-state index contributed by atoms with van der Waals surface area (Å²) in [6.07, 6.45) is 0. The Balaban J connectivity index is 1.92. The molecule has 0 heterocycles. The summed E-state index contributed by atoms with van der Waals surface area (Å²) in [6.45, 7) is 3.49. The first-order chi connectivity index (χ1) is 11.0. The van der Waals surface area contributed by atoms with E-state index in [9.17, 15) is 4.79 Å². The van der Waals surface area contributed by atoms with Crippen LogP contribution in [-0.4, -0.2) is 18.2 Å². The van der Waals surface area contributed by atoms with E-state index < -0.39 is 0 Å². The summed E-state index contributed by atoms with van der Waals surface area (Å²) in [5.74, 6) is 0.252. The van der Waals surface area contributed by atoms with Crippen molar-refractivity contribution in [1.82, 2.24) is 5.43 Å². The monoisotopic (exact) mass is 350 g/mol. The van der Waals surface area contributed by atoms with Crippen LogP contribution < -0.4 is 10.2 Å². The number of hydrazone groups is 1. The van der Waals surface area contributed by atoms with Crippen molar-refractivity contribution in [2.75, 3.05) is 6.61 Å². The van der Waals surface area contributed by atoms with E-state index in [1.807, 2.05) is 25.1 Å². The highest BCUT2D eigenvalue weighted by Crippen LogP contribution is 2.21. The Bertz CT molecular complexity index is 745. The van der Waals surface area contributed by atoms with Crippen LogP contribution >= 0.6 is 23.2 Å². The van der Waals surface area contributed by atoms with Crippen molar-refractivity contribution in [1.29, 1.82) is 0 Å². The lowest BCUT2D eigenvalue weighted by molar-refractivity contribution is -0.123. The second kappa shape index (κ2) is 7.99. The fraction of sp³-hybridized carbons (Fsp3) is 0.176. The zero-order valence-electron chi connectivity index (χ0n) is 12.8. The lowest BCUT2D eigenvalue weighted by Crippen LogP contribution is -2.25. The number of benzene rings is 2. The minimum Gasteiger partial charge on any atom is -0.483 e. The molecule has 1 amide bonds. The zero-order valence-corrected chi connectivity index (χ0v) is 14.3. The number of halogens is 2. The molecule has 2 aromatic rings. The summed E-state index contributed by atoms with van der Waals surface area (Å²) in [7, 11) is 0. The predicted molar refractivity (Wildman–Crippen MR) is 93.5 cm³/mol. The maximum absolute atomic E-state index is 11.8. The van der Waals surface area contributed by atoms with Crippen LogP contribution in [0.25, 0.3) is 0 Å². The molecule has 23 heavy (non-hydrogen) atoms. The maximum atomic E-state index is 11.8. The largest absolute Gasteiger partial charge is 0.483 e. The van der Waals surface area contributed by atoms with Crippen molar-refractivity contribution >= 4 is 34.8 Å². The summed E-state index contributed by atoms with van der Waals surface area (Å²) in [6, 6.07) is 12.5. The van der Waals surface area contributed by atoms with Crippen molar-refractivity contribution in [3.63, 3.8) is 0 Å². The van der Waals surface area contributed by atoms with Crippen LogP contribution in [0.15, 0.2) is 47.6 Å². The summed E-state index contributed by atoms with van der Waals surface area (Å²) in [5.41, 5.74) is 4.70. The third kappa shape index (κ3) is 4.98. The number of nitrogens with zero attached hydrogens (tertiary/aromatic N) is 1. The van der Waals surface area contributed by atoms with Crippen molar-refractivity contribution in [2.24, 2.45) is 5.10 Å². The highest BCUT2D eigenvalue weighted by Gasteiger charge is 2.06. The molecule has 0 spiro atoms. The minimum absolute atomic E-state index is 0.137. The fourth-order valence-electron chi connectivity index (χ4n) is 1.91. The molecule has 0 aliphatic rings. The van der Waals surface area contributed by atoms with E-state index in [2.05, 4.69) is 10.5 Å². The minimum atomic E-state index is -0.356. The SMILES string of the molecule is C/C(=N\NC(=O)COc1ccc(Cl)cc1C)c1ccccc1Cl. The van der Waals surface area contributed by atoms with Crippen LogP contribution in [-0.2, 0) is 4.79 Å². The van der Waals surface area contributed by atoms with Gasteiger partial charge in [-0.05, 0) is 43.7 Å². The number of hydrogen-bond donors (Lipinski definition) is 1. The van der Waals surface area contributed by atoms with Crippen molar-refractivity contribution < 1.29 is 9.53 Å².